The van der Waals surface area contributed by atoms with Crippen molar-refractivity contribution in [1.29, 1.82) is 0 Å². The molecule has 0 amide bonds. The van der Waals surface area contributed by atoms with Crippen molar-refractivity contribution >= 4 is 70.7 Å². The summed E-state index contributed by atoms with van der Waals surface area (Å²) < 4.78 is 0. The maximum atomic E-state index is 13.3. The van der Waals surface area contributed by atoms with Crippen molar-refractivity contribution in [2.75, 3.05) is 0 Å². The predicted molar refractivity (Wildman–Crippen MR) is 115 cm³/mol. The van der Waals surface area contributed by atoms with Crippen molar-refractivity contribution in [3.63, 3.8) is 0 Å². The molecule has 0 saturated heterocycles. The van der Waals surface area contributed by atoms with Crippen LogP contribution >= 0.6 is 54.3 Å². The van der Waals surface area contributed by atoms with E-state index in [0.29, 0.717) is 5.30 Å². The monoisotopic (exact) mass is 454 g/mol. The van der Waals surface area contributed by atoms with Crippen LogP contribution in [0.5, 0.6) is 0 Å². The lowest BCUT2D eigenvalue weighted by atomic mass is 10.2. The summed E-state index contributed by atoms with van der Waals surface area (Å²) in [5, 5.41) is 1.34. The van der Waals surface area contributed by atoms with Crippen LogP contribution in [0.2, 0.25) is 20.1 Å². The van der Waals surface area contributed by atoms with Crippen molar-refractivity contribution in [1.82, 2.24) is 0 Å². The lowest BCUT2D eigenvalue weighted by Gasteiger charge is -2.17. The number of carbonyl (C=O) groups is 2. The highest BCUT2D eigenvalue weighted by Gasteiger charge is 2.33. The number of hydrogen-bond donors (Lipinski definition) is 0. The first kappa shape index (κ1) is 20.3. The van der Waals surface area contributed by atoms with Gasteiger partial charge in [0.25, 0.3) is 0 Å². The zero-order chi connectivity index (χ0) is 19.6. The molecule has 3 aromatic carbocycles. The normalized spacial score (nSPS) is 10.9. The molecular weight excluding hydrogens is 445 g/mol. The topological polar surface area (TPSA) is 34.1 Å². The minimum absolute atomic E-state index is 0.123. The molecule has 0 unspecified atom stereocenters. The van der Waals surface area contributed by atoms with Gasteiger partial charge in [0.15, 0.2) is 11.0 Å². The highest BCUT2D eigenvalue weighted by Crippen LogP contribution is 2.46. The van der Waals surface area contributed by atoms with E-state index >= 15 is 0 Å². The molecule has 0 radical (unpaired) electrons. The second-order valence-electron chi connectivity index (χ2n) is 5.48. The van der Waals surface area contributed by atoms with Gasteiger partial charge in [-0.05, 0) is 29.6 Å². The Labute approximate surface area is 177 Å². The van der Waals surface area contributed by atoms with Crippen LogP contribution in [0, 0.1) is 0 Å². The van der Waals surface area contributed by atoms with E-state index in [1.165, 1.54) is 0 Å². The van der Waals surface area contributed by atoms with E-state index in [9.17, 15) is 9.59 Å². The third-order valence-corrected chi connectivity index (χ3v) is 7.53. The molecular formula is C20H11Cl4O2P. The van der Waals surface area contributed by atoms with Gasteiger partial charge >= 0.3 is 0 Å². The van der Waals surface area contributed by atoms with E-state index in [2.05, 4.69) is 0 Å². The van der Waals surface area contributed by atoms with Gasteiger partial charge in [-0.3, -0.25) is 9.59 Å². The molecule has 0 aliphatic heterocycles. The minimum atomic E-state index is -1.95. The fourth-order valence-electron chi connectivity index (χ4n) is 2.48. The highest BCUT2D eigenvalue weighted by molar-refractivity contribution is 7.96. The molecule has 3 aromatic rings. The lowest BCUT2D eigenvalue weighted by Crippen LogP contribution is -2.16. The first-order valence-electron chi connectivity index (χ1n) is 7.73. The zero-order valence-corrected chi connectivity index (χ0v) is 17.5. The van der Waals surface area contributed by atoms with Gasteiger partial charge in [-0.1, -0.05) is 88.9 Å². The number of hydrogen-bond acceptors (Lipinski definition) is 2. The SMILES string of the molecule is O=C(c1cccc(Cl)c1Cl)P(C(=O)c1cccc(Cl)c1Cl)c1ccccc1. The number of carbonyl (C=O) groups excluding carboxylic acids is 2. The molecule has 136 valence electrons. The smallest absolute Gasteiger partial charge is 0.198 e. The van der Waals surface area contributed by atoms with Gasteiger partial charge in [-0.25, -0.2) is 0 Å². The Morgan fingerprint density at radius 1 is 0.593 bits per heavy atom. The van der Waals surface area contributed by atoms with Gasteiger partial charge in [0.05, 0.1) is 28.0 Å². The zero-order valence-electron chi connectivity index (χ0n) is 13.6. The van der Waals surface area contributed by atoms with Crippen molar-refractivity contribution in [3.8, 4) is 0 Å². The molecule has 0 fully saturated rings. The molecule has 2 nitrogen and oxygen atoms in total. The van der Waals surface area contributed by atoms with Gasteiger partial charge in [0, 0.05) is 11.1 Å². The van der Waals surface area contributed by atoms with Crippen molar-refractivity contribution in [2.45, 2.75) is 0 Å². The van der Waals surface area contributed by atoms with Gasteiger partial charge in [-0.15, -0.1) is 0 Å². The standard InChI is InChI=1S/C20H11Cl4O2P/c21-15-10-4-8-13(17(15)23)19(25)27(12-6-2-1-3-7-12)20(26)14-9-5-11-16(22)18(14)24/h1-11H. The van der Waals surface area contributed by atoms with Crippen molar-refractivity contribution < 1.29 is 9.59 Å². The number of benzene rings is 3. The molecule has 7 heteroatoms. The second kappa shape index (κ2) is 8.73. The van der Waals surface area contributed by atoms with Gasteiger partial charge in [0.1, 0.15) is 0 Å². The summed E-state index contributed by atoms with van der Waals surface area (Å²) in [5.41, 5.74) is -0.397. The third-order valence-electron chi connectivity index (χ3n) is 3.78. The van der Waals surface area contributed by atoms with E-state index in [1.54, 1.807) is 60.7 Å². The van der Waals surface area contributed by atoms with E-state index in [-0.39, 0.29) is 31.2 Å². The summed E-state index contributed by atoms with van der Waals surface area (Å²) in [4.78, 5) is 26.6. The van der Waals surface area contributed by atoms with Crippen LogP contribution in [-0.4, -0.2) is 11.0 Å². The van der Waals surface area contributed by atoms with Gasteiger partial charge < -0.3 is 0 Å². The Bertz CT molecular complexity index is 958. The molecule has 0 aliphatic carbocycles. The fraction of sp³-hybridized carbons (Fsp3) is 0. The summed E-state index contributed by atoms with van der Waals surface area (Å²) in [5.74, 6) is 0. The fourth-order valence-corrected chi connectivity index (χ4v) is 5.37. The van der Waals surface area contributed by atoms with E-state index in [0.717, 1.165) is 0 Å². The summed E-state index contributed by atoms with van der Waals surface area (Å²) >= 11 is 24.6. The third kappa shape index (κ3) is 4.21. The van der Waals surface area contributed by atoms with Crippen LogP contribution in [0.25, 0.3) is 0 Å². The highest BCUT2D eigenvalue weighted by atomic mass is 35.5. The van der Waals surface area contributed by atoms with Crippen molar-refractivity contribution in [3.05, 3.63) is 97.9 Å². The average Bonchev–Trinajstić information content (AvgIpc) is 2.67. The summed E-state index contributed by atoms with van der Waals surface area (Å²) in [7, 11) is -1.95. The second-order valence-corrected chi connectivity index (χ2v) is 9.05. The van der Waals surface area contributed by atoms with E-state index in [4.69, 9.17) is 46.4 Å². The van der Waals surface area contributed by atoms with Crippen LogP contribution in [0.1, 0.15) is 20.7 Å². The Balaban J connectivity index is 2.15. The summed E-state index contributed by atoms with van der Waals surface area (Å²) in [6, 6.07) is 18.3. The first-order valence-corrected chi connectivity index (χ1v) is 10.6. The molecule has 0 N–H and O–H groups in total. The summed E-state index contributed by atoms with van der Waals surface area (Å²) in [6.07, 6.45) is 0. The van der Waals surface area contributed by atoms with Crippen LogP contribution in [0.3, 0.4) is 0 Å². The Kier molecular flexibility index (Phi) is 6.57. The van der Waals surface area contributed by atoms with E-state index in [1.807, 2.05) is 6.07 Å². The molecule has 3 rings (SSSR count). The molecule has 0 bridgehead atoms. The van der Waals surface area contributed by atoms with E-state index < -0.39 is 19.0 Å². The molecule has 0 aromatic heterocycles. The van der Waals surface area contributed by atoms with Crippen LogP contribution in [-0.2, 0) is 0 Å². The quantitative estimate of drug-likeness (QED) is 0.385. The molecule has 0 atom stereocenters. The Morgan fingerprint density at radius 2 is 1.04 bits per heavy atom. The maximum Gasteiger partial charge on any atom is 0.198 e. The van der Waals surface area contributed by atoms with Crippen LogP contribution < -0.4 is 5.30 Å². The Morgan fingerprint density at radius 3 is 1.48 bits per heavy atom. The lowest BCUT2D eigenvalue weighted by molar-refractivity contribution is 0.105. The first-order chi connectivity index (χ1) is 12.9. The van der Waals surface area contributed by atoms with Gasteiger partial charge in [0.2, 0.25) is 0 Å². The molecule has 27 heavy (non-hydrogen) atoms. The van der Waals surface area contributed by atoms with Crippen LogP contribution in [0.4, 0.5) is 0 Å². The molecule has 0 aliphatic rings. The molecule has 0 saturated carbocycles. The van der Waals surface area contributed by atoms with Crippen LogP contribution in [0.15, 0.2) is 66.7 Å². The number of halogens is 4. The largest absolute Gasteiger partial charge is 0.288 e. The molecule has 0 spiro atoms. The molecule has 0 heterocycles. The average molecular weight is 456 g/mol. The predicted octanol–water partition coefficient (Wildman–Crippen LogP) is 7.09. The van der Waals surface area contributed by atoms with Gasteiger partial charge in [-0.2, -0.15) is 0 Å². The van der Waals surface area contributed by atoms with Crippen molar-refractivity contribution in [2.24, 2.45) is 0 Å². The minimum Gasteiger partial charge on any atom is -0.288 e. The summed E-state index contributed by atoms with van der Waals surface area (Å²) in [6.45, 7) is 0. The number of rotatable bonds is 5. The maximum absolute atomic E-state index is 13.3. The Hall–Kier alpha value is -1.41.